The first-order valence-electron chi connectivity index (χ1n) is 6.05. The molecule has 0 fully saturated rings. The van der Waals surface area contributed by atoms with Gasteiger partial charge in [-0.25, -0.2) is 8.42 Å². The van der Waals surface area contributed by atoms with Gasteiger partial charge in [-0.3, -0.25) is 4.98 Å². The van der Waals surface area contributed by atoms with E-state index in [4.69, 9.17) is 5.73 Å². The molecule has 1 atom stereocenters. The van der Waals surface area contributed by atoms with Gasteiger partial charge < -0.3 is 5.73 Å². The Hall–Kier alpha value is -1.42. The Balaban J connectivity index is 3.15. The van der Waals surface area contributed by atoms with Gasteiger partial charge in [0, 0.05) is 31.0 Å². The molecular weight excluding hydrogens is 262 g/mol. The van der Waals surface area contributed by atoms with Crippen molar-refractivity contribution in [1.82, 2.24) is 9.29 Å². The second-order valence-electron chi connectivity index (χ2n) is 4.19. The highest BCUT2D eigenvalue weighted by molar-refractivity contribution is 7.89. The molecule has 6 heteroatoms. The van der Waals surface area contributed by atoms with Crippen LogP contribution in [0.4, 0.5) is 0 Å². The molecule has 1 unspecified atom stereocenters. The van der Waals surface area contributed by atoms with Crippen LogP contribution in [-0.4, -0.2) is 37.3 Å². The zero-order valence-electron chi connectivity index (χ0n) is 11.4. The third-order valence-corrected chi connectivity index (χ3v) is 4.87. The van der Waals surface area contributed by atoms with Crippen LogP contribution in [0.3, 0.4) is 0 Å². The molecule has 1 rings (SSSR count). The number of sulfonamides is 1. The number of hydrogen-bond acceptors (Lipinski definition) is 4. The normalized spacial score (nSPS) is 12.9. The molecule has 0 aromatic carbocycles. The summed E-state index contributed by atoms with van der Waals surface area (Å²) in [4.78, 5) is 4.07. The second kappa shape index (κ2) is 6.66. The topological polar surface area (TPSA) is 76.3 Å². The monoisotopic (exact) mass is 281 g/mol. The van der Waals surface area contributed by atoms with E-state index in [2.05, 4.69) is 16.8 Å². The lowest BCUT2D eigenvalue weighted by atomic mass is 10.3. The van der Waals surface area contributed by atoms with E-state index in [9.17, 15) is 8.42 Å². The van der Waals surface area contributed by atoms with Crippen molar-refractivity contribution in [3.05, 3.63) is 24.0 Å². The van der Waals surface area contributed by atoms with Crippen LogP contribution >= 0.6 is 0 Å². The van der Waals surface area contributed by atoms with Gasteiger partial charge >= 0.3 is 0 Å². The number of aromatic nitrogens is 1. The van der Waals surface area contributed by atoms with E-state index >= 15 is 0 Å². The molecular formula is C13H19N3O2S. The number of nitrogens with two attached hydrogens (primary N) is 1. The molecule has 1 heterocycles. The molecule has 0 radical (unpaired) electrons. The van der Waals surface area contributed by atoms with Crippen LogP contribution in [0.15, 0.2) is 23.4 Å². The molecule has 0 saturated carbocycles. The zero-order chi connectivity index (χ0) is 14.5. The van der Waals surface area contributed by atoms with Crippen molar-refractivity contribution in [2.45, 2.75) is 31.2 Å². The minimum atomic E-state index is -3.53. The Morgan fingerprint density at radius 3 is 2.74 bits per heavy atom. The van der Waals surface area contributed by atoms with Crippen molar-refractivity contribution in [2.75, 3.05) is 13.6 Å². The lowest BCUT2D eigenvalue weighted by Gasteiger charge is -2.22. The maximum absolute atomic E-state index is 12.4. The molecule has 0 aliphatic carbocycles. The third kappa shape index (κ3) is 3.77. The number of rotatable bonds is 4. The molecule has 2 N–H and O–H groups in total. The summed E-state index contributed by atoms with van der Waals surface area (Å²) in [5.74, 6) is 5.45. The maximum Gasteiger partial charge on any atom is 0.244 e. The van der Waals surface area contributed by atoms with Crippen molar-refractivity contribution < 1.29 is 8.42 Å². The zero-order valence-corrected chi connectivity index (χ0v) is 12.2. The first-order valence-corrected chi connectivity index (χ1v) is 7.49. The number of pyridine rings is 1. The van der Waals surface area contributed by atoms with Crippen LogP contribution < -0.4 is 5.73 Å². The molecule has 0 spiro atoms. The highest BCUT2D eigenvalue weighted by Crippen LogP contribution is 2.17. The maximum atomic E-state index is 12.4. The first kappa shape index (κ1) is 15.6. The lowest BCUT2D eigenvalue weighted by Crippen LogP contribution is -2.34. The average molecular weight is 281 g/mol. The van der Waals surface area contributed by atoms with Crippen molar-refractivity contribution in [1.29, 1.82) is 0 Å². The van der Waals surface area contributed by atoms with Crippen LogP contribution in [0.5, 0.6) is 0 Å². The average Bonchev–Trinajstić information content (AvgIpc) is 2.43. The summed E-state index contributed by atoms with van der Waals surface area (Å²) in [5.41, 5.74) is 5.83. The van der Waals surface area contributed by atoms with Crippen molar-refractivity contribution in [3.63, 3.8) is 0 Å². The number of nitrogens with zero attached hydrogens (tertiary/aromatic N) is 2. The van der Waals surface area contributed by atoms with Crippen LogP contribution in [0, 0.1) is 11.8 Å². The molecule has 1 aromatic heterocycles. The van der Waals surface area contributed by atoms with E-state index in [0.29, 0.717) is 5.56 Å². The third-order valence-electron chi connectivity index (χ3n) is 2.94. The molecule has 0 saturated heterocycles. The summed E-state index contributed by atoms with van der Waals surface area (Å²) < 4.78 is 26.1. The molecule has 0 aliphatic heterocycles. The Labute approximate surface area is 114 Å². The highest BCUT2D eigenvalue weighted by atomic mass is 32.2. The standard InChI is InChI=1S/C13H19N3O2S/c1-4-11(2)16(3)19(17,18)13-8-12(6-5-7-14)9-15-10-13/h8-11H,4,7,14H2,1-3H3. The number of hydrogen-bond donors (Lipinski definition) is 1. The molecule has 104 valence electrons. The Bertz CT molecular complexity index is 587. The smallest absolute Gasteiger partial charge is 0.244 e. The minimum Gasteiger partial charge on any atom is -0.320 e. The van der Waals surface area contributed by atoms with Gasteiger partial charge in [-0.1, -0.05) is 18.8 Å². The molecule has 0 bridgehead atoms. The molecule has 0 aliphatic rings. The van der Waals surface area contributed by atoms with Crippen LogP contribution in [0.25, 0.3) is 0 Å². The van der Waals surface area contributed by atoms with Gasteiger partial charge in [0.2, 0.25) is 10.0 Å². The molecule has 1 aromatic rings. The summed E-state index contributed by atoms with van der Waals surface area (Å²) in [6.07, 6.45) is 3.60. The van der Waals surface area contributed by atoms with Crippen LogP contribution in [-0.2, 0) is 10.0 Å². The van der Waals surface area contributed by atoms with Crippen molar-refractivity contribution in [2.24, 2.45) is 5.73 Å². The van der Waals surface area contributed by atoms with Gasteiger partial charge in [0.15, 0.2) is 0 Å². The van der Waals surface area contributed by atoms with E-state index in [1.165, 1.54) is 22.8 Å². The van der Waals surface area contributed by atoms with Crippen LogP contribution in [0.2, 0.25) is 0 Å². The molecule has 19 heavy (non-hydrogen) atoms. The summed E-state index contributed by atoms with van der Waals surface area (Å²) in [7, 11) is -1.95. The van der Waals surface area contributed by atoms with Gasteiger partial charge in [0.05, 0.1) is 6.54 Å². The van der Waals surface area contributed by atoms with E-state index in [1.807, 2.05) is 13.8 Å². The van der Waals surface area contributed by atoms with E-state index < -0.39 is 10.0 Å². The van der Waals surface area contributed by atoms with Gasteiger partial charge in [0.25, 0.3) is 0 Å². The largest absolute Gasteiger partial charge is 0.320 e. The fourth-order valence-corrected chi connectivity index (χ4v) is 2.87. The lowest BCUT2D eigenvalue weighted by molar-refractivity contribution is 0.380. The minimum absolute atomic E-state index is 0.0659. The summed E-state index contributed by atoms with van der Waals surface area (Å²) >= 11 is 0. The van der Waals surface area contributed by atoms with Gasteiger partial charge in [-0.15, -0.1) is 0 Å². The Morgan fingerprint density at radius 2 is 2.16 bits per heavy atom. The fourth-order valence-electron chi connectivity index (χ4n) is 1.44. The first-order chi connectivity index (χ1) is 8.93. The molecule has 0 amide bonds. The van der Waals surface area contributed by atoms with Crippen molar-refractivity contribution >= 4 is 10.0 Å². The van der Waals surface area contributed by atoms with Gasteiger partial charge in [-0.05, 0) is 19.4 Å². The SMILES string of the molecule is CCC(C)N(C)S(=O)(=O)c1cncc(C#CCN)c1. The molecule has 5 nitrogen and oxygen atoms in total. The predicted octanol–water partition coefficient (Wildman–Crippen LogP) is 0.811. The van der Waals surface area contributed by atoms with Gasteiger partial charge in [-0.2, -0.15) is 4.31 Å². The second-order valence-corrected chi connectivity index (χ2v) is 6.19. The van der Waals surface area contributed by atoms with Crippen LogP contribution in [0.1, 0.15) is 25.8 Å². The van der Waals surface area contributed by atoms with E-state index in [0.717, 1.165) is 6.42 Å². The van der Waals surface area contributed by atoms with Crippen molar-refractivity contribution in [3.8, 4) is 11.8 Å². The highest BCUT2D eigenvalue weighted by Gasteiger charge is 2.24. The van der Waals surface area contributed by atoms with E-state index in [-0.39, 0.29) is 17.5 Å². The fraction of sp³-hybridized carbons (Fsp3) is 0.462. The summed E-state index contributed by atoms with van der Waals surface area (Å²) in [6, 6.07) is 1.45. The summed E-state index contributed by atoms with van der Waals surface area (Å²) in [6.45, 7) is 4.03. The Kier molecular flexibility index (Phi) is 5.48. The summed E-state index contributed by atoms with van der Waals surface area (Å²) in [5, 5.41) is 0. The predicted molar refractivity (Wildman–Crippen MR) is 74.9 cm³/mol. The van der Waals surface area contributed by atoms with Gasteiger partial charge in [0.1, 0.15) is 4.90 Å². The quantitative estimate of drug-likeness (QED) is 0.829. The Morgan fingerprint density at radius 1 is 1.47 bits per heavy atom. The van der Waals surface area contributed by atoms with E-state index in [1.54, 1.807) is 7.05 Å².